The highest BCUT2D eigenvalue weighted by Crippen LogP contribution is 2.29. The summed E-state index contributed by atoms with van der Waals surface area (Å²) in [6.45, 7) is 1.34. The summed E-state index contributed by atoms with van der Waals surface area (Å²) in [6.07, 6.45) is -3.57. The van der Waals surface area contributed by atoms with E-state index in [1.807, 2.05) is 0 Å². The lowest BCUT2D eigenvalue weighted by molar-refractivity contribution is -0.148. The molecule has 0 saturated heterocycles. The van der Waals surface area contributed by atoms with Crippen LogP contribution in [0, 0.1) is 0 Å². The molecule has 2 amide bonds. The highest BCUT2D eigenvalue weighted by atomic mass is 19.4. The lowest BCUT2D eigenvalue weighted by atomic mass is 10.1. The van der Waals surface area contributed by atoms with E-state index in [1.54, 1.807) is 0 Å². The minimum absolute atomic E-state index is 0.156. The summed E-state index contributed by atoms with van der Waals surface area (Å²) in [5, 5.41) is 2.49. The number of esters is 1. The first-order chi connectivity index (χ1) is 13.6. The molecule has 0 bridgehead atoms. The molecular weight excluding hydrogens is 389 g/mol. The number of hydrogen-bond donors (Lipinski definition) is 2. The molecule has 9 heteroatoms. The molecule has 29 heavy (non-hydrogen) atoms. The Morgan fingerprint density at radius 2 is 1.76 bits per heavy atom. The molecule has 0 radical (unpaired) electrons. The molecule has 6 nitrogen and oxygen atoms in total. The Morgan fingerprint density at radius 1 is 1.10 bits per heavy atom. The van der Waals surface area contributed by atoms with E-state index in [1.165, 1.54) is 43.3 Å². The maximum Gasteiger partial charge on any atom is 0.416 e. The number of primary amides is 1. The Hall–Kier alpha value is -3.62. The van der Waals surface area contributed by atoms with Gasteiger partial charge in [-0.1, -0.05) is 12.1 Å². The van der Waals surface area contributed by atoms with Crippen molar-refractivity contribution in [3.63, 3.8) is 0 Å². The molecule has 0 aliphatic rings. The van der Waals surface area contributed by atoms with Crippen LogP contribution in [0.4, 0.5) is 18.9 Å². The number of ether oxygens (including phenoxy) is 1. The number of halogens is 3. The standard InChI is InChI=1S/C20H17F3N2O4/c1-12(19(28)25-16-8-6-14(7-9-16)18(24)27)29-17(26)10-5-13-3-2-4-15(11-13)20(21,22)23/h2-12H,1H3,(H2,24,27)(H,25,28)/b10-5-/t12-/m1/s1. The number of rotatable bonds is 6. The van der Waals surface area contributed by atoms with Gasteiger partial charge in [-0.15, -0.1) is 0 Å². The van der Waals surface area contributed by atoms with E-state index in [2.05, 4.69) is 5.32 Å². The summed E-state index contributed by atoms with van der Waals surface area (Å²) in [5.41, 5.74) is 5.06. The highest BCUT2D eigenvalue weighted by Gasteiger charge is 2.30. The fourth-order valence-corrected chi connectivity index (χ4v) is 2.21. The SMILES string of the molecule is C[C@@H](OC(=O)/C=C\c1cccc(C(F)(F)F)c1)C(=O)Nc1ccc(C(N)=O)cc1. The van der Waals surface area contributed by atoms with Crippen molar-refractivity contribution in [2.75, 3.05) is 5.32 Å². The maximum atomic E-state index is 12.7. The quantitative estimate of drug-likeness (QED) is 0.568. The molecule has 0 unspecified atom stereocenters. The number of carbonyl (C=O) groups excluding carboxylic acids is 3. The molecule has 152 valence electrons. The van der Waals surface area contributed by atoms with Gasteiger partial charge in [-0.3, -0.25) is 9.59 Å². The first-order valence-electron chi connectivity index (χ1n) is 8.33. The monoisotopic (exact) mass is 406 g/mol. The van der Waals surface area contributed by atoms with Gasteiger partial charge in [-0.05, 0) is 55.0 Å². The molecule has 0 heterocycles. The number of carbonyl (C=O) groups is 3. The van der Waals surface area contributed by atoms with E-state index in [0.717, 1.165) is 24.3 Å². The predicted molar refractivity (Wildman–Crippen MR) is 99.6 cm³/mol. The summed E-state index contributed by atoms with van der Waals surface area (Å²) in [5.74, 6) is -2.13. The van der Waals surface area contributed by atoms with Crippen LogP contribution in [0.2, 0.25) is 0 Å². The van der Waals surface area contributed by atoms with Crippen LogP contribution in [0.25, 0.3) is 6.08 Å². The lowest BCUT2D eigenvalue weighted by Crippen LogP contribution is -2.29. The molecule has 3 N–H and O–H groups in total. The van der Waals surface area contributed by atoms with Crippen LogP contribution in [0.15, 0.2) is 54.6 Å². The molecule has 0 aliphatic carbocycles. The largest absolute Gasteiger partial charge is 0.449 e. The first-order valence-corrected chi connectivity index (χ1v) is 8.33. The summed E-state index contributed by atoms with van der Waals surface area (Å²) in [6, 6.07) is 10.2. The smallest absolute Gasteiger partial charge is 0.416 e. The van der Waals surface area contributed by atoms with Crippen LogP contribution in [-0.4, -0.2) is 23.9 Å². The van der Waals surface area contributed by atoms with Crippen LogP contribution in [0.3, 0.4) is 0 Å². The Morgan fingerprint density at radius 3 is 2.34 bits per heavy atom. The number of nitrogens with one attached hydrogen (secondary N) is 1. The van der Waals surface area contributed by atoms with Gasteiger partial charge < -0.3 is 15.8 Å². The summed E-state index contributed by atoms with van der Waals surface area (Å²) >= 11 is 0. The van der Waals surface area contributed by atoms with E-state index in [4.69, 9.17) is 10.5 Å². The third-order valence-corrected chi connectivity index (χ3v) is 3.72. The van der Waals surface area contributed by atoms with Gasteiger partial charge in [-0.2, -0.15) is 13.2 Å². The van der Waals surface area contributed by atoms with E-state index < -0.39 is 35.6 Å². The highest BCUT2D eigenvalue weighted by molar-refractivity contribution is 5.97. The van der Waals surface area contributed by atoms with Gasteiger partial charge >= 0.3 is 12.1 Å². The van der Waals surface area contributed by atoms with E-state index >= 15 is 0 Å². The Kier molecular flexibility index (Phi) is 6.76. The third kappa shape index (κ3) is 6.49. The maximum absolute atomic E-state index is 12.7. The van der Waals surface area contributed by atoms with Crippen molar-refractivity contribution in [3.05, 3.63) is 71.3 Å². The summed E-state index contributed by atoms with van der Waals surface area (Å²) in [7, 11) is 0. The summed E-state index contributed by atoms with van der Waals surface area (Å²) < 4.78 is 43.0. The first kappa shape index (κ1) is 21.7. The van der Waals surface area contributed by atoms with E-state index in [9.17, 15) is 27.6 Å². The number of anilines is 1. The molecule has 0 saturated carbocycles. The molecule has 0 fully saturated rings. The van der Waals surface area contributed by atoms with Gasteiger partial charge in [0.25, 0.3) is 5.91 Å². The van der Waals surface area contributed by atoms with Crippen molar-refractivity contribution in [2.24, 2.45) is 5.73 Å². The Bertz CT molecular complexity index is 937. The molecule has 1 atom stereocenters. The van der Waals surface area contributed by atoms with Gasteiger partial charge in [0.2, 0.25) is 5.91 Å². The predicted octanol–water partition coefficient (Wildman–Crippen LogP) is 3.39. The van der Waals surface area contributed by atoms with Gasteiger partial charge in [0.05, 0.1) is 5.56 Å². The minimum Gasteiger partial charge on any atom is -0.449 e. The molecule has 2 aromatic rings. The van der Waals surface area contributed by atoms with Crippen LogP contribution in [-0.2, 0) is 20.5 Å². The normalized spacial score (nSPS) is 12.4. The molecule has 0 aromatic heterocycles. The average molecular weight is 406 g/mol. The van der Waals surface area contributed by atoms with E-state index in [0.29, 0.717) is 5.69 Å². The number of nitrogens with two attached hydrogens (primary N) is 1. The Labute approximate surface area is 164 Å². The van der Waals surface area contributed by atoms with Gasteiger partial charge in [-0.25, -0.2) is 4.79 Å². The fraction of sp³-hybridized carbons (Fsp3) is 0.150. The third-order valence-electron chi connectivity index (χ3n) is 3.72. The number of benzene rings is 2. The van der Waals surface area contributed by atoms with Crippen LogP contribution >= 0.6 is 0 Å². The van der Waals surface area contributed by atoms with Crippen molar-refractivity contribution >= 4 is 29.5 Å². The lowest BCUT2D eigenvalue weighted by Gasteiger charge is -2.12. The van der Waals surface area contributed by atoms with Gasteiger partial charge in [0, 0.05) is 17.3 Å². The van der Waals surface area contributed by atoms with Crippen LogP contribution in [0.1, 0.15) is 28.4 Å². The van der Waals surface area contributed by atoms with Crippen LogP contribution < -0.4 is 11.1 Å². The van der Waals surface area contributed by atoms with Crippen molar-refractivity contribution in [2.45, 2.75) is 19.2 Å². The molecule has 0 aliphatic heterocycles. The van der Waals surface area contributed by atoms with Crippen molar-refractivity contribution < 1.29 is 32.3 Å². The second-order valence-electron chi connectivity index (χ2n) is 5.97. The second-order valence-corrected chi connectivity index (χ2v) is 5.97. The van der Waals surface area contributed by atoms with Gasteiger partial charge in [0.1, 0.15) is 0 Å². The second kappa shape index (κ2) is 9.05. The molecule has 2 rings (SSSR count). The number of hydrogen-bond acceptors (Lipinski definition) is 4. The number of alkyl halides is 3. The van der Waals surface area contributed by atoms with Crippen molar-refractivity contribution in [1.82, 2.24) is 0 Å². The zero-order chi connectivity index (χ0) is 21.6. The van der Waals surface area contributed by atoms with Crippen molar-refractivity contribution in [1.29, 1.82) is 0 Å². The van der Waals surface area contributed by atoms with Crippen LogP contribution in [0.5, 0.6) is 0 Å². The van der Waals surface area contributed by atoms with Crippen molar-refractivity contribution in [3.8, 4) is 0 Å². The molecular formula is C20H17F3N2O4. The zero-order valence-electron chi connectivity index (χ0n) is 15.2. The minimum atomic E-state index is -4.49. The molecule has 0 spiro atoms. The molecule has 2 aromatic carbocycles. The zero-order valence-corrected chi connectivity index (χ0v) is 15.2. The summed E-state index contributed by atoms with van der Waals surface area (Å²) in [4.78, 5) is 34.9. The fourth-order valence-electron chi connectivity index (χ4n) is 2.21. The number of amides is 2. The topological polar surface area (TPSA) is 98.5 Å². The Balaban J connectivity index is 1.93. The van der Waals surface area contributed by atoms with Gasteiger partial charge in [0.15, 0.2) is 6.10 Å². The average Bonchev–Trinajstić information content (AvgIpc) is 2.66. The van der Waals surface area contributed by atoms with E-state index in [-0.39, 0.29) is 11.1 Å².